The van der Waals surface area contributed by atoms with Crippen molar-refractivity contribution in [2.45, 2.75) is 26.4 Å². The van der Waals surface area contributed by atoms with E-state index in [4.69, 9.17) is 4.74 Å². The molecule has 0 aliphatic carbocycles. The van der Waals surface area contributed by atoms with Gasteiger partial charge in [0.15, 0.2) is 6.10 Å². The molecule has 3 aromatic rings. The number of hydrogen-bond acceptors (Lipinski definition) is 4. The van der Waals surface area contributed by atoms with Crippen molar-refractivity contribution in [3.8, 4) is 5.69 Å². The van der Waals surface area contributed by atoms with Gasteiger partial charge >= 0.3 is 5.97 Å². The first-order valence-corrected chi connectivity index (χ1v) is 9.18. The molecule has 1 amide bonds. The molecule has 0 spiro atoms. The van der Waals surface area contributed by atoms with Crippen LogP contribution in [-0.2, 0) is 16.0 Å². The van der Waals surface area contributed by atoms with Crippen molar-refractivity contribution in [3.05, 3.63) is 83.7 Å². The summed E-state index contributed by atoms with van der Waals surface area (Å²) in [5, 5.41) is 7.02. The minimum absolute atomic E-state index is 0.312. The Hall–Kier alpha value is -3.41. The Morgan fingerprint density at radius 3 is 2.43 bits per heavy atom. The maximum atomic E-state index is 12.3. The molecule has 28 heavy (non-hydrogen) atoms. The smallest absolute Gasteiger partial charge is 0.338 e. The molecule has 1 N–H and O–H groups in total. The molecule has 0 aliphatic heterocycles. The predicted molar refractivity (Wildman–Crippen MR) is 106 cm³/mol. The number of hydrogen-bond donors (Lipinski definition) is 1. The number of carbonyl (C=O) groups excluding carboxylic acids is 2. The second-order valence-electron chi connectivity index (χ2n) is 6.51. The van der Waals surface area contributed by atoms with E-state index in [2.05, 4.69) is 10.4 Å². The van der Waals surface area contributed by atoms with Crippen molar-refractivity contribution in [2.75, 3.05) is 6.54 Å². The van der Waals surface area contributed by atoms with Gasteiger partial charge in [-0.05, 0) is 56.2 Å². The van der Waals surface area contributed by atoms with Crippen LogP contribution in [0.4, 0.5) is 0 Å². The zero-order valence-electron chi connectivity index (χ0n) is 16.0. The highest BCUT2D eigenvalue weighted by molar-refractivity contribution is 5.92. The maximum Gasteiger partial charge on any atom is 0.338 e. The standard InChI is InChI=1S/C22H23N3O3/c1-16-12-15-24-25(16)20-10-8-19(9-11-20)22(27)28-17(2)21(26)23-14-13-18-6-4-3-5-7-18/h3-12,15,17H,13-14H2,1-2H3,(H,23,26)/t17-/m0/s1. The van der Waals surface area contributed by atoms with E-state index >= 15 is 0 Å². The van der Waals surface area contributed by atoms with Crippen molar-refractivity contribution < 1.29 is 14.3 Å². The summed E-state index contributed by atoms with van der Waals surface area (Å²) in [5.41, 5.74) is 3.37. The van der Waals surface area contributed by atoms with Gasteiger partial charge in [-0.2, -0.15) is 5.10 Å². The molecule has 2 aromatic carbocycles. The fraction of sp³-hybridized carbons (Fsp3) is 0.227. The van der Waals surface area contributed by atoms with Gasteiger partial charge in [0.2, 0.25) is 0 Å². The van der Waals surface area contributed by atoms with Crippen molar-refractivity contribution in [2.24, 2.45) is 0 Å². The van der Waals surface area contributed by atoms with Crippen LogP contribution in [0.2, 0.25) is 0 Å². The topological polar surface area (TPSA) is 73.2 Å². The van der Waals surface area contributed by atoms with Gasteiger partial charge in [-0.15, -0.1) is 0 Å². The van der Waals surface area contributed by atoms with Crippen molar-refractivity contribution >= 4 is 11.9 Å². The number of amides is 1. The number of aromatic nitrogens is 2. The quantitative estimate of drug-likeness (QED) is 0.642. The Bertz CT molecular complexity index is 933. The molecule has 0 unspecified atom stereocenters. The van der Waals surface area contributed by atoms with E-state index in [1.165, 1.54) is 0 Å². The molecule has 0 aliphatic rings. The van der Waals surface area contributed by atoms with E-state index in [0.717, 1.165) is 23.4 Å². The number of nitrogens with zero attached hydrogens (tertiary/aromatic N) is 2. The number of carbonyl (C=O) groups is 2. The fourth-order valence-electron chi connectivity index (χ4n) is 2.78. The van der Waals surface area contributed by atoms with Gasteiger partial charge in [0.05, 0.1) is 11.3 Å². The second-order valence-corrected chi connectivity index (χ2v) is 6.51. The van der Waals surface area contributed by atoms with Crippen LogP contribution in [0.5, 0.6) is 0 Å². The Labute approximate surface area is 164 Å². The zero-order valence-corrected chi connectivity index (χ0v) is 16.0. The normalized spacial score (nSPS) is 11.6. The molecular formula is C22H23N3O3. The minimum atomic E-state index is -0.865. The molecule has 1 atom stereocenters. The fourth-order valence-corrected chi connectivity index (χ4v) is 2.78. The average Bonchev–Trinajstić information content (AvgIpc) is 3.14. The lowest BCUT2D eigenvalue weighted by Crippen LogP contribution is -2.36. The number of nitrogens with one attached hydrogen (secondary N) is 1. The molecule has 0 fully saturated rings. The Balaban J connectivity index is 1.50. The van der Waals surface area contributed by atoms with E-state index in [9.17, 15) is 9.59 Å². The highest BCUT2D eigenvalue weighted by Gasteiger charge is 2.18. The molecule has 6 heteroatoms. The molecule has 6 nitrogen and oxygen atoms in total. The summed E-state index contributed by atoms with van der Waals surface area (Å²) in [6.07, 6.45) is 1.58. The van der Waals surface area contributed by atoms with Crippen molar-refractivity contribution in [1.29, 1.82) is 0 Å². The largest absolute Gasteiger partial charge is 0.449 e. The molecule has 0 saturated carbocycles. The predicted octanol–water partition coefficient (Wildman–Crippen LogP) is 3.08. The molecule has 0 bridgehead atoms. The van der Waals surface area contributed by atoms with E-state index in [1.54, 1.807) is 42.1 Å². The van der Waals surface area contributed by atoms with Crippen LogP contribution in [0.15, 0.2) is 66.9 Å². The Morgan fingerprint density at radius 2 is 1.79 bits per heavy atom. The van der Waals surface area contributed by atoms with Gasteiger partial charge in [-0.1, -0.05) is 30.3 Å². The Morgan fingerprint density at radius 1 is 1.07 bits per heavy atom. The lowest BCUT2D eigenvalue weighted by Gasteiger charge is -2.14. The molecule has 3 rings (SSSR count). The lowest BCUT2D eigenvalue weighted by atomic mass is 10.1. The number of benzene rings is 2. The van der Waals surface area contributed by atoms with Crippen LogP contribution in [-0.4, -0.2) is 34.3 Å². The third-order valence-corrected chi connectivity index (χ3v) is 4.39. The maximum absolute atomic E-state index is 12.3. The molecule has 0 radical (unpaired) electrons. The van der Waals surface area contributed by atoms with Crippen LogP contribution >= 0.6 is 0 Å². The summed E-state index contributed by atoms with van der Waals surface area (Å²) in [4.78, 5) is 24.4. The molecule has 144 valence electrons. The number of aryl methyl sites for hydroxylation is 1. The second kappa shape index (κ2) is 8.99. The van der Waals surface area contributed by atoms with E-state index in [0.29, 0.717) is 12.1 Å². The summed E-state index contributed by atoms with van der Waals surface area (Å²) in [7, 11) is 0. The first-order chi connectivity index (χ1) is 13.5. The zero-order chi connectivity index (χ0) is 19.9. The van der Waals surface area contributed by atoms with Crippen molar-refractivity contribution in [1.82, 2.24) is 15.1 Å². The molecule has 0 saturated heterocycles. The summed E-state index contributed by atoms with van der Waals surface area (Å²) < 4.78 is 7.06. The first kappa shape index (κ1) is 19.4. The number of esters is 1. The summed E-state index contributed by atoms with van der Waals surface area (Å²) in [6, 6.07) is 18.7. The van der Waals surface area contributed by atoms with Crippen LogP contribution < -0.4 is 5.32 Å². The SMILES string of the molecule is Cc1ccnn1-c1ccc(C(=O)O[C@@H](C)C(=O)NCCc2ccccc2)cc1. The number of ether oxygens (including phenoxy) is 1. The van der Waals surface area contributed by atoms with Gasteiger partial charge in [-0.3, -0.25) is 4.79 Å². The van der Waals surface area contributed by atoms with Crippen LogP contribution in [0.1, 0.15) is 28.5 Å². The van der Waals surface area contributed by atoms with Gasteiger partial charge in [-0.25, -0.2) is 9.48 Å². The third kappa shape index (κ3) is 4.85. The summed E-state index contributed by atoms with van der Waals surface area (Å²) in [6.45, 7) is 4.01. The monoisotopic (exact) mass is 377 g/mol. The van der Waals surface area contributed by atoms with Crippen LogP contribution in [0, 0.1) is 6.92 Å². The molecule has 1 heterocycles. The summed E-state index contributed by atoms with van der Waals surface area (Å²) >= 11 is 0. The lowest BCUT2D eigenvalue weighted by molar-refractivity contribution is -0.129. The summed E-state index contributed by atoms with van der Waals surface area (Å²) in [5.74, 6) is -0.845. The first-order valence-electron chi connectivity index (χ1n) is 9.18. The van der Waals surface area contributed by atoms with Crippen LogP contribution in [0.25, 0.3) is 5.69 Å². The van der Waals surface area contributed by atoms with Gasteiger partial charge in [0.25, 0.3) is 5.91 Å². The average molecular weight is 377 g/mol. The van der Waals surface area contributed by atoms with Gasteiger partial charge in [0, 0.05) is 18.4 Å². The van der Waals surface area contributed by atoms with E-state index < -0.39 is 12.1 Å². The van der Waals surface area contributed by atoms with Gasteiger partial charge < -0.3 is 10.1 Å². The van der Waals surface area contributed by atoms with E-state index in [1.807, 2.05) is 43.3 Å². The number of rotatable bonds is 7. The van der Waals surface area contributed by atoms with Gasteiger partial charge in [0.1, 0.15) is 0 Å². The highest BCUT2D eigenvalue weighted by Crippen LogP contribution is 2.12. The van der Waals surface area contributed by atoms with Crippen LogP contribution in [0.3, 0.4) is 0 Å². The highest BCUT2D eigenvalue weighted by atomic mass is 16.5. The molecular weight excluding hydrogens is 354 g/mol. The Kier molecular flexibility index (Phi) is 6.22. The third-order valence-electron chi connectivity index (χ3n) is 4.39. The minimum Gasteiger partial charge on any atom is -0.449 e. The van der Waals surface area contributed by atoms with E-state index in [-0.39, 0.29) is 5.91 Å². The molecule has 1 aromatic heterocycles. The van der Waals surface area contributed by atoms with Crippen molar-refractivity contribution in [3.63, 3.8) is 0 Å².